The standard InChI is InChI=1S/2C22H19N4P2.Au.BrH/c2*1-5-13-23-19(9-1)27(20-10-2-6-14-24-20)17-18-28(21-11-3-7-15-25-21)22-12-4-8-16-26-22;;/h2*1-17H,18H2;;1H/q;;+1;/p-1. The molecule has 0 bridgehead atoms. The van der Waals surface area contributed by atoms with Gasteiger partial charge in [-0.05, 0) is 0 Å². The second kappa shape index (κ2) is 20.9. The van der Waals surface area contributed by atoms with Gasteiger partial charge in [0.15, 0.2) is 0 Å². The van der Waals surface area contributed by atoms with Crippen LogP contribution in [0.1, 0.15) is 0 Å². The van der Waals surface area contributed by atoms with Crippen molar-refractivity contribution in [2.75, 3.05) is 12.3 Å². The molecule has 0 N–H and O–H groups in total. The second-order valence-corrected chi connectivity index (χ2v) is 32.4. The molecule has 8 aromatic rings. The molecule has 0 aliphatic carbocycles. The molecule has 58 heavy (non-hydrogen) atoms. The van der Waals surface area contributed by atoms with Gasteiger partial charge in [0.1, 0.15) is 0 Å². The van der Waals surface area contributed by atoms with E-state index in [0.717, 1.165) is 55.8 Å². The van der Waals surface area contributed by atoms with Crippen LogP contribution >= 0.6 is 44.7 Å². The number of nitrogens with zero attached hydrogens (tertiary/aromatic N) is 8. The van der Waals surface area contributed by atoms with Gasteiger partial charge in [0.05, 0.1) is 0 Å². The molecule has 2 atom stereocenters. The average molecular weight is 1080 g/mol. The number of hydrogen-bond acceptors (Lipinski definition) is 8. The van der Waals surface area contributed by atoms with Crippen molar-refractivity contribution in [3.8, 4) is 0 Å². The molecule has 8 heterocycles. The van der Waals surface area contributed by atoms with Crippen molar-refractivity contribution in [1.29, 1.82) is 0 Å². The summed E-state index contributed by atoms with van der Waals surface area (Å²) in [4.78, 5) is 40.5. The van der Waals surface area contributed by atoms with Gasteiger partial charge in [-0.2, -0.15) is 0 Å². The van der Waals surface area contributed by atoms with Crippen LogP contribution in [-0.4, -0.2) is 59.9 Å². The molecule has 0 radical (unpaired) electrons. The molecule has 0 spiro atoms. The van der Waals surface area contributed by atoms with Gasteiger partial charge in [-0.3, -0.25) is 0 Å². The molecule has 0 amide bonds. The minimum atomic E-state index is -2.34. The summed E-state index contributed by atoms with van der Waals surface area (Å²) in [7, 11) is -4.17. The van der Waals surface area contributed by atoms with Crippen molar-refractivity contribution in [2.45, 2.75) is 7.75 Å². The Labute approximate surface area is 357 Å². The quantitative estimate of drug-likeness (QED) is 0.0827. The summed E-state index contributed by atoms with van der Waals surface area (Å²) in [6, 6.07) is 50.2. The number of pyridine rings is 8. The van der Waals surface area contributed by atoms with Crippen LogP contribution < -0.4 is 43.5 Å². The van der Waals surface area contributed by atoms with Gasteiger partial charge in [-0.1, -0.05) is 0 Å². The van der Waals surface area contributed by atoms with Crippen molar-refractivity contribution in [2.24, 2.45) is 0 Å². The Hall–Kier alpha value is -3.86. The molecular formula is C44H38AuBrN8P4. The van der Waals surface area contributed by atoms with Crippen LogP contribution in [0.2, 0.25) is 0 Å². The van der Waals surface area contributed by atoms with Gasteiger partial charge in [-0.15, -0.1) is 0 Å². The van der Waals surface area contributed by atoms with E-state index in [9.17, 15) is 0 Å². The van der Waals surface area contributed by atoms with Crippen LogP contribution in [0, 0.1) is 0 Å². The van der Waals surface area contributed by atoms with E-state index in [4.69, 9.17) is 52.9 Å². The summed E-state index contributed by atoms with van der Waals surface area (Å²) in [5.74, 6) is 0. The third kappa shape index (κ3) is 10.1. The molecule has 14 heteroatoms. The van der Waals surface area contributed by atoms with Gasteiger partial charge >= 0.3 is 360 Å². The van der Waals surface area contributed by atoms with Gasteiger partial charge in [-0.25, -0.2) is 0 Å². The Morgan fingerprint density at radius 2 is 0.534 bits per heavy atom. The summed E-state index contributed by atoms with van der Waals surface area (Å²) in [6.07, 6.45) is 17.0. The molecule has 8 nitrogen and oxygen atoms in total. The van der Waals surface area contributed by atoms with Crippen molar-refractivity contribution < 1.29 is 16.3 Å². The van der Waals surface area contributed by atoms with E-state index >= 15 is 0 Å². The van der Waals surface area contributed by atoms with E-state index in [1.54, 1.807) is 0 Å². The molecule has 0 saturated heterocycles. The zero-order valence-electron chi connectivity index (χ0n) is 31.1. The Kier molecular flexibility index (Phi) is 14.7. The zero-order valence-corrected chi connectivity index (χ0v) is 38.4. The third-order valence-corrected chi connectivity index (χ3v) is 38.6. The first-order valence-electron chi connectivity index (χ1n) is 18.4. The van der Waals surface area contributed by atoms with E-state index in [1.165, 1.54) is 0 Å². The maximum absolute atomic E-state index is 5.12. The molecule has 0 fully saturated rings. The van der Waals surface area contributed by atoms with Crippen molar-refractivity contribution in [3.05, 3.63) is 195 Å². The van der Waals surface area contributed by atoms with Gasteiger partial charge in [0, 0.05) is 0 Å². The van der Waals surface area contributed by atoms with Crippen LogP contribution in [0.5, 0.6) is 0 Å². The van der Waals surface area contributed by atoms with Crippen LogP contribution in [0.25, 0.3) is 0 Å². The summed E-state index contributed by atoms with van der Waals surface area (Å²) in [6.45, 7) is 0. The van der Waals surface area contributed by atoms with Gasteiger partial charge in [0.25, 0.3) is 0 Å². The van der Waals surface area contributed by atoms with E-state index in [-0.39, 0.29) is 7.75 Å². The third-order valence-electron chi connectivity index (χ3n) is 8.83. The van der Waals surface area contributed by atoms with Crippen molar-refractivity contribution in [3.63, 3.8) is 0 Å². The second-order valence-electron chi connectivity index (χ2n) is 12.5. The van der Waals surface area contributed by atoms with Crippen molar-refractivity contribution >= 4 is 88.2 Å². The number of aromatic nitrogens is 8. The topological polar surface area (TPSA) is 103 Å². The molecule has 0 aliphatic heterocycles. The normalized spacial score (nSPS) is 12.8. The molecule has 0 saturated carbocycles. The number of rotatable bonds is 16. The molecule has 0 aliphatic rings. The molecule has 2 unspecified atom stereocenters. The Morgan fingerprint density at radius 3 is 0.724 bits per heavy atom. The van der Waals surface area contributed by atoms with Gasteiger partial charge < -0.3 is 0 Å². The molecule has 0 aromatic carbocycles. The summed E-state index contributed by atoms with van der Waals surface area (Å²) in [5.41, 5.74) is 8.50. The molecule has 8 aromatic heterocycles. The Balaban J connectivity index is 1.37. The minimum absolute atomic E-state index is 0.150. The van der Waals surface area contributed by atoms with E-state index in [0.29, 0.717) is 0 Å². The average Bonchev–Trinajstić information content (AvgIpc) is 3.31. The summed E-state index contributed by atoms with van der Waals surface area (Å²) in [5, 5.41) is 0. The Morgan fingerprint density at radius 1 is 0.328 bits per heavy atom. The predicted octanol–water partition coefficient (Wildman–Crippen LogP) is 6.26. The van der Waals surface area contributed by atoms with Crippen LogP contribution in [0.15, 0.2) is 195 Å². The first-order chi connectivity index (χ1) is 28.7. The van der Waals surface area contributed by atoms with E-state index < -0.39 is 48.0 Å². The number of hydrogen-bond donors (Lipinski definition) is 0. The first-order valence-corrected chi connectivity index (χ1v) is 31.5. The predicted molar refractivity (Wildman–Crippen MR) is 245 cm³/mol. The zero-order chi connectivity index (χ0) is 39.4. The van der Waals surface area contributed by atoms with Crippen LogP contribution in [0.4, 0.5) is 0 Å². The SMILES string of the molecule is [Br][Au]([CH](CP(c1ccccn1)c1ccccn1)P(c1ccccn1)c1ccccn1)[CH](CP(c1ccccn1)c1ccccn1)P(c1ccccn1)c1ccccn1. The fraction of sp³-hybridized carbons (Fsp3) is 0.0909. The molecule has 8 rings (SSSR count). The summed E-state index contributed by atoms with van der Waals surface area (Å²) >= 11 is 2.41. The number of halogens is 1. The van der Waals surface area contributed by atoms with Gasteiger partial charge in [0.2, 0.25) is 0 Å². The monoisotopic (exact) mass is 1080 g/mol. The van der Waals surface area contributed by atoms with Crippen LogP contribution in [-0.2, 0) is 16.3 Å². The molecule has 292 valence electrons. The van der Waals surface area contributed by atoms with E-state index in [1.807, 2.05) is 98.1 Å². The maximum atomic E-state index is 5.12. The van der Waals surface area contributed by atoms with E-state index in [2.05, 4.69) is 97.1 Å². The van der Waals surface area contributed by atoms with Crippen molar-refractivity contribution in [1.82, 2.24) is 39.9 Å². The fourth-order valence-corrected chi connectivity index (χ4v) is 40.9. The summed E-state index contributed by atoms with van der Waals surface area (Å²) < 4.78 is 0.299. The first kappa shape index (κ1) is 40.9. The fourth-order valence-electron chi connectivity index (χ4n) is 6.24. The Bertz CT molecular complexity index is 2080. The van der Waals surface area contributed by atoms with Crippen LogP contribution in [0.3, 0.4) is 0 Å². The molecular weight excluding hydrogens is 1040 g/mol.